The maximum atomic E-state index is 6.16. The molecule has 5 heteroatoms. The molecule has 1 aromatic heterocycles. The molecule has 1 aromatic rings. The van der Waals surface area contributed by atoms with Crippen molar-refractivity contribution in [1.29, 1.82) is 0 Å². The molecular weight excluding hydrogens is 282 g/mol. The van der Waals surface area contributed by atoms with Crippen LogP contribution in [0.3, 0.4) is 0 Å². The Hall–Kier alpha value is -0.650. The molecule has 4 nitrogen and oxygen atoms in total. The molecule has 0 bridgehead atoms. The van der Waals surface area contributed by atoms with Crippen LogP contribution in [0.5, 0.6) is 0 Å². The van der Waals surface area contributed by atoms with Gasteiger partial charge in [-0.05, 0) is 40.9 Å². The summed E-state index contributed by atoms with van der Waals surface area (Å²) in [5.74, 6) is 1.44. The van der Waals surface area contributed by atoms with E-state index in [4.69, 9.17) is 10.5 Å². The van der Waals surface area contributed by atoms with Gasteiger partial charge in [-0.3, -0.25) is 0 Å². The number of halogens is 1. The molecule has 4 unspecified atom stereocenters. The van der Waals surface area contributed by atoms with Crippen molar-refractivity contribution in [2.75, 3.05) is 11.9 Å². The van der Waals surface area contributed by atoms with Crippen molar-refractivity contribution in [2.45, 2.75) is 31.5 Å². The molecule has 92 valence electrons. The van der Waals surface area contributed by atoms with Gasteiger partial charge >= 0.3 is 0 Å². The number of fused-ring (bicyclic) bond motifs is 1. The highest BCUT2D eigenvalue weighted by molar-refractivity contribution is 9.10. The summed E-state index contributed by atoms with van der Waals surface area (Å²) in [7, 11) is 0. The van der Waals surface area contributed by atoms with E-state index in [1.165, 1.54) is 0 Å². The third-order valence-electron chi connectivity index (χ3n) is 3.79. The minimum absolute atomic E-state index is 0.187. The van der Waals surface area contributed by atoms with Crippen LogP contribution in [0.2, 0.25) is 0 Å². The molecule has 1 saturated heterocycles. The van der Waals surface area contributed by atoms with E-state index in [0.29, 0.717) is 5.92 Å². The first kappa shape index (κ1) is 11.4. The number of aryl methyl sites for hydroxylation is 1. The first-order valence-corrected chi connectivity index (χ1v) is 6.72. The van der Waals surface area contributed by atoms with Gasteiger partial charge in [-0.25, -0.2) is 4.98 Å². The Balaban J connectivity index is 1.75. The second kappa shape index (κ2) is 4.23. The van der Waals surface area contributed by atoms with Gasteiger partial charge in [0.05, 0.1) is 12.1 Å². The minimum Gasteiger partial charge on any atom is -0.376 e. The van der Waals surface area contributed by atoms with Gasteiger partial charge in [0.25, 0.3) is 0 Å². The van der Waals surface area contributed by atoms with Gasteiger partial charge in [0.15, 0.2) is 0 Å². The number of pyridine rings is 1. The van der Waals surface area contributed by atoms with E-state index in [1.54, 1.807) is 6.20 Å². The lowest BCUT2D eigenvalue weighted by Crippen LogP contribution is -2.65. The van der Waals surface area contributed by atoms with Crippen LogP contribution in [0, 0.1) is 12.8 Å². The maximum Gasteiger partial charge on any atom is 0.129 e. The first-order valence-electron chi connectivity index (χ1n) is 5.92. The Bertz CT molecular complexity index is 440. The number of nitrogens with one attached hydrogen (secondary N) is 1. The molecule has 3 rings (SSSR count). The smallest absolute Gasteiger partial charge is 0.129 e. The molecular formula is C12H16BrN3O. The lowest BCUT2D eigenvalue weighted by Gasteiger charge is -2.46. The highest BCUT2D eigenvalue weighted by atomic mass is 79.9. The highest BCUT2D eigenvalue weighted by Gasteiger charge is 2.52. The number of anilines is 1. The number of nitrogens with two attached hydrogens (primary N) is 1. The fourth-order valence-corrected chi connectivity index (χ4v) is 3.22. The van der Waals surface area contributed by atoms with Crippen LogP contribution in [-0.4, -0.2) is 29.8 Å². The summed E-state index contributed by atoms with van der Waals surface area (Å²) in [6.07, 6.45) is 3.17. The lowest BCUT2D eigenvalue weighted by atomic mass is 9.72. The van der Waals surface area contributed by atoms with Crippen LogP contribution in [0.15, 0.2) is 16.7 Å². The molecule has 2 heterocycles. The summed E-state index contributed by atoms with van der Waals surface area (Å²) in [6.45, 7) is 2.88. The number of rotatable bonds is 2. The standard InChI is InChI=1S/C12H16BrN3O/c1-6-4-7(13)5-15-12(6)16-10-9(14)8-2-3-17-11(8)10/h4-5,8-11H,2-3,14H2,1H3,(H,15,16). The highest BCUT2D eigenvalue weighted by Crippen LogP contribution is 2.39. The molecule has 1 aliphatic carbocycles. The van der Waals surface area contributed by atoms with Gasteiger partial charge in [-0.15, -0.1) is 0 Å². The molecule has 0 spiro atoms. The molecule has 2 fully saturated rings. The zero-order chi connectivity index (χ0) is 12.0. The SMILES string of the molecule is Cc1cc(Br)cnc1NC1C(N)C2CCOC21. The van der Waals surface area contributed by atoms with Gasteiger partial charge in [-0.1, -0.05) is 0 Å². The Kier molecular flexibility index (Phi) is 2.84. The molecule has 2 aliphatic rings. The zero-order valence-electron chi connectivity index (χ0n) is 9.69. The van der Waals surface area contributed by atoms with Crippen molar-refractivity contribution in [3.63, 3.8) is 0 Å². The Labute approximate surface area is 109 Å². The van der Waals surface area contributed by atoms with Gasteiger partial charge < -0.3 is 15.8 Å². The van der Waals surface area contributed by atoms with Crippen molar-refractivity contribution in [3.05, 3.63) is 22.3 Å². The second-order valence-corrected chi connectivity index (χ2v) is 5.77. The topological polar surface area (TPSA) is 60.2 Å². The minimum atomic E-state index is 0.187. The van der Waals surface area contributed by atoms with E-state index in [-0.39, 0.29) is 18.2 Å². The van der Waals surface area contributed by atoms with Crippen LogP contribution in [0.25, 0.3) is 0 Å². The summed E-state index contributed by atoms with van der Waals surface area (Å²) < 4.78 is 6.69. The van der Waals surface area contributed by atoms with Gasteiger partial charge in [0.2, 0.25) is 0 Å². The first-order chi connectivity index (χ1) is 8.16. The summed E-state index contributed by atoms with van der Waals surface area (Å²) in [5, 5.41) is 3.41. The van der Waals surface area contributed by atoms with E-state index >= 15 is 0 Å². The predicted octanol–water partition coefficient (Wildman–Crippen LogP) is 1.68. The normalized spacial score (nSPS) is 35.2. The molecule has 17 heavy (non-hydrogen) atoms. The average Bonchev–Trinajstić information content (AvgIpc) is 2.72. The van der Waals surface area contributed by atoms with Crippen LogP contribution in [-0.2, 0) is 4.74 Å². The second-order valence-electron chi connectivity index (χ2n) is 4.85. The molecule has 0 aromatic carbocycles. The quantitative estimate of drug-likeness (QED) is 0.872. The molecule has 1 saturated carbocycles. The third-order valence-corrected chi connectivity index (χ3v) is 4.23. The Morgan fingerprint density at radius 1 is 1.59 bits per heavy atom. The number of nitrogens with zero attached hydrogens (tertiary/aromatic N) is 1. The fourth-order valence-electron chi connectivity index (χ4n) is 2.78. The van der Waals surface area contributed by atoms with Crippen LogP contribution < -0.4 is 11.1 Å². The average molecular weight is 298 g/mol. The summed E-state index contributed by atoms with van der Waals surface area (Å²) in [5.41, 5.74) is 7.27. The summed E-state index contributed by atoms with van der Waals surface area (Å²) in [6, 6.07) is 2.44. The largest absolute Gasteiger partial charge is 0.376 e. The molecule has 0 amide bonds. The zero-order valence-corrected chi connectivity index (χ0v) is 11.3. The van der Waals surface area contributed by atoms with E-state index < -0.39 is 0 Å². The molecule has 3 N–H and O–H groups in total. The van der Waals surface area contributed by atoms with E-state index in [1.807, 2.05) is 13.0 Å². The molecule has 1 aliphatic heterocycles. The van der Waals surface area contributed by atoms with Gasteiger partial charge in [0.1, 0.15) is 5.82 Å². The summed E-state index contributed by atoms with van der Waals surface area (Å²) in [4.78, 5) is 4.38. The van der Waals surface area contributed by atoms with Crippen molar-refractivity contribution in [2.24, 2.45) is 11.7 Å². The van der Waals surface area contributed by atoms with Gasteiger partial charge in [0, 0.05) is 29.2 Å². The van der Waals surface area contributed by atoms with Crippen molar-refractivity contribution in [3.8, 4) is 0 Å². The van der Waals surface area contributed by atoms with Crippen molar-refractivity contribution >= 4 is 21.7 Å². The van der Waals surface area contributed by atoms with E-state index in [9.17, 15) is 0 Å². The fraction of sp³-hybridized carbons (Fsp3) is 0.583. The Morgan fingerprint density at radius 3 is 3.18 bits per heavy atom. The van der Waals surface area contributed by atoms with Crippen LogP contribution in [0.4, 0.5) is 5.82 Å². The van der Waals surface area contributed by atoms with E-state index in [0.717, 1.165) is 28.9 Å². The van der Waals surface area contributed by atoms with E-state index in [2.05, 4.69) is 26.2 Å². The van der Waals surface area contributed by atoms with Crippen LogP contribution in [0.1, 0.15) is 12.0 Å². The predicted molar refractivity (Wildman–Crippen MR) is 69.9 cm³/mol. The van der Waals surface area contributed by atoms with Crippen molar-refractivity contribution in [1.82, 2.24) is 4.98 Å². The van der Waals surface area contributed by atoms with Crippen LogP contribution >= 0.6 is 15.9 Å². The number of hydrogen-bond donors (Lipinski definition) is 2. The molecule has 0 radical (unpaired) electrons. The maximum absolute atomic E-state index is 6.16. The van der Waals surface area contributed by atoms with Gasteiger partial charge in [-0.2, -0.15) is 0 Å². The number of aromatic nitrogens is 1. The molecule has 4 atom stereocenters. The summed E-state index contributed by atoms with van der Waals surface area (Å²) >= 11 is 3.41. The monoisotopic (exact) mass is 297 g/mol. The van der Waals surface area contributed by atoms with Crippen molar-refractivity contribution < 1.29 is 4.74 Å². The number of ether oxygens (including phenoxy) is 1. The lowest BCUT2D eigenvalue weighted by molar-refractivity contribution is 0.00522. The third kappa shape index (κ3) is 1.86. The number of hydrogen-bond acceptors (Lipinski definition) is 4. The Morgan fingerprint density at radius 2 is 2.41 bits per heavy atom.